The van der Waals surface area contributed by atoms with E-state index in [2.05, 4.69) is 40.8 Å². The Kier molecular flexibility index (Phi) is 3.62. The minimum absolute atomic E-state index is 0.0566. The molecule has 0 radical (unpaired) electrons. The van der Waals surface area contributed by atoms with Gasteiger partial charge in [-0.25, -0.2) is 4.98 Å². The second-order valence-electron chi connectivity index (χ2n) is 4.08. The zero-order valence-electron chi connectivity index (χ0n) is 9.40. The van der Waals surface area contributed by atoms with Gasteiger partial charge in [0.15, 0.2) is 0 Å². The summed E-state index contributed by atoms with van der Waals surface area (Å²) in [7, 11) is 0. The minimum Gasteiger partial charge on any atom is -0.322 e. The molecule has 0 saturated heterocycles. The molecule has 86 valence electrons. The van der Waals surface area contributed by atoms with Crippen molar-refractivity contribution >= 4 is 37.5 Å². The molecule has 0 aliphatic rings. The van der Waals surface area contributed by atoms with Gasteiger partial charge in [0, 0.05) is 4.47 Å². The quantitative estimate of drug-likeness (QED) is 0.926. The molecule has 2 unspecified atom stereocenters. The molecule has 2 atom stereocenters. The Morgan fingerprint density at radius 1 is 1.50 bits per heavy atom. The fraction of sp³-hybridized carbons (Fsp3) is 0.417. The Morgan fingerprint density at radius 2 is 2.25 bits per heavy atom. The number of nitrogens with two attached hydrogens (primary N) is 1. The predicted molar refractivity (Wildman–Crippen MR) is 73.7 cm³/mol. The highest BCUT2D eigenvalue weighted by Gasteiger charge is 2.17. The molecule has 1 heterocycles. The molecule has 0 bridgehead atoms. The lowest BCUT2D eigenvalue weighted by atomic mass is 10.0. The lowest BCUT2D eigenvalue weighted by Crippen LogP contribution is -2.18. The number of hydrogen-bond acceptors (Lipinski definition) is 3. The van der Waals surface area contributed by atoms with E-state index < -0.39 is 0 Å². The van der Waals surface area contributed by atoms with Crippen LogP contribution in [0, 0.1) is 5.92 Å². The van der Waals surface area contributed by atoms with Gasteiger partial charge in [-0.3, -0.25) is 0 Å². The third kappa shape index (κ3) is 2.29. The standard InChI is InChI=1S/C12H15BrN2S/c1-3-7(2)11(14)12-15-9-5-4-8(13)6-10(9)16-12/h4-7,11H,3,14H2,1-2H3. The molecule has 0 amide bonds. The Labute approximate surface area is 108 Å². The van der Waals surface area contributed by atoms with E-state index in [1.54, 1.807) is 11.3 Å². The number of aromatic nitrogens is 1. The largest absolute Gasteiger partial charge is 0.322 e. The van der Waals surface area contributed by atoms with Gasteiger partial charge in [-0.2, -0.15) is 0 Å². The highest BCUT2D eigenvalue weighted by Crippen LogP contribution is 2.31. The van der Waals surface area contributed by atoms with Gasteiger partial charge in [0.2, 0.25) is 0 Å². The van der Waals surface area contributed by atoms with Crippen molar-refractivity contribution < 1.29 is 0 Å². The van der Waals surface area contributed by atoms with Crippen LogP contribution in [0.15, 0.2) is 22.7 Å². The maximum Gasteiger partial charge on any atom is 0.111 e. The van der Waals surface area contributed by atoms with E-state index in [-0.39, 0.29) is 6.04 Å². The van der Waals surface area contributed by atoms with Gasteiger partial charge >= 0.3 is 0 Å². The molecule has 2 rings (SSSR count). The van der Waals surface area contributed by atoms with Crippen LogP contribution in [0.2, 0.25) is 0 Å². The van der Waals surface area contributed by atoms with Crippen molar-refractivity contribution in [3.63, 3.8) is 0 Å². The maximum atomic E-state index is 6.19. The first-order chi connectivity index (χ1) is 7.61. The number of thiazole rings is 1. The summed E-state index contributed by atoms with van der Waals surface area (Å²) in [6.45, 7) is 4.33. The van der Waals surface area contributed by atoms with Gasteiger partial charge in [-0.15, -0.1) is 11.3 Å². The van der Waals surface area contributed by atoms with Crippen LogP contribution >= 0.6 is 27.3 Å². The zero-order valence-corrected chi connectivity index (χ0v) is 11.8. The van der Waals surface area contributed by atoms with Crippen LogP contribution in [0.5, 0.6) is 0 Å². The number of nitrogens with zero attached hydrogens (tertiary/aromatic N) is 1. The number of rotatable bonds is 3. The Balaban J connectivity index is 2.39. The number of benzene rings is 1. The SMILES string of the molecule is CCC(C)C(N)c1nc2ccc(Br)cc2s1. The Bertz CT molecular complexity index is 495. The van der Waals surface area contributed by atoms with Crippen molar-refractivity contribution in [1.82, 2.24) is 4.98 Å². The van der Waals surface area contributed by atoms with Gasteiger partial charge in [-0.05, 0) is 24.1 Å². The van der Waals surface area contributed by atoms with Crippen LogP contribution in [0.1, 0.15) is 31.3 Å². The van der Waals surface area contributed by atoms with Gasteiger partial charge in [0.05, 0.1) is 16.3 Å². The van der Waals surface area contributed by atoms with Crippen LogP contribution < -0.4 is 5.73 Å². The zero-order chi connectivity index (χ0) is 11.7. The highest BCUT2D eigenvalue weighted by molar-refractivity contribution is 9.10. The first-order valence-electron chi connectivity index (χ1n) is 5.43. The third-order valence-electron chi connectivity index (χ3n) is 2.91. The van der Waals surface area contributed by atoms with Crippen molar-refractivity contribution in [2.75, 3.05) is 0 Å². The second kappa shape index (κ2) is 4.82. The summed E-state index contributed by atoms with van der Waals surface area (Å²) in [6.07, 6.45) is 1.08. The van der Waals surface area contributed by atoms with E-state index in [0.717, 1.165) is 21.4 Å². The Morgan fingerprint density at radius 3 is 2.94 bits per heavy atom. The van der Waals surface area contributed by atoms with E-state index in [0.29, 0.717) is 5.92 Å². The van der Waals surface area contributed by atoms with E-state index in [1.807, 2.05) is 12.1 Å². The van der Waals surface area contributed by atoms with E-state index in [9.17, 15) is 0 Å². The third-order valence-corrected chi connectivity index (χ3v) is 4.52. The van der Waals surface area contributed by atoms with Gasteiger partial charge < -0.3 is 5.73 Å². The van der Waals surface area contributed by atoms with Crippen molar-refractivity contribution in [1.29, 1.82) is 0 Å². The summed E-state index contributed by atoms with van der Waals surface area (Å²) < 4.78 is 2.29. The summed E-state index contributed by atoms with van der Waals surface area (Å²) in [5.41, 5.74) is 7.23. The van der Waals surface area contributed by atoms with Crippen LogP contribution in [0.4, 0.5) is 0 Å². The highest BCUT2D eigenvalue weighted by atomic mass is 79.9. The van der Waals surface area contributed by atoms with Gasteiger partial charge in [0.1, 0.15) is 5.01 Å². The average molecular weight is 299 g/mol. The molecule has 0 aliphatic carbocycles. The molecule has 1 aromatic heterocycles. The molecule has 2 nitrogen and oxygen atoms in total. The average Bonchev–Trinajstić information content (AvgIpc) is 2.69. The molecule has 16 heavy (non-hydrogen) atoms. The monoisotopic (exact) mass is 298 g/mol. The van der Waals surface area contributed by atoms with E-state index in [4.69, 9.17) is 5.73 Å². The van der Waals surface area contributed by atoms with Crippen LogP contribution in [-0.4, -0.2) is 4.98 Å². The lowest BCUT2D eigenvalue weighted by molar-refractivity contribution is 0.456. The summed E-state index contributed by atoms with van der Waals surface area (Å²) in [5.74, 6) is 0.476. The molecule has 1 aromatic carbocycles. The smallest absolute Gasteiger partial charge is 0.111 e. The topological polar surface area (TPSA) is 38.9 Å². The summed E-state index contributed by atoms with van der Waals surface area (Å²) in [5, 5.41) is 1.04. The van der Waals surface area contributed by atoms with Crippen LogP contribution in [-0.2, 0) is 0 Å². The number of hydrogen-bond donors (Lipinski definition) is 1. The molecular formula is C12H15BrN2S. The van der Waals surface area contributed by atoms with Crippen molar-refractivity contribution in [2.45, 2.75) is 26.3 Å². The van der Waals surface area contributed by atoms with Crippen LogP contribution in [0.25, 0.3) is 10.2 Å². The van der Waals surface area contributed by atoms with E-state index >= 15 is 0 Å². The second-order valence-corrected chi connectivity index (χ2v) is 6.05. The molecule has 0 spiro atoms. The predicted octanol–water partition coefficient (Wildman–Crippen LogP) is 4.10. The van der Waals surface area contributed by atoms with Crippen molar-refractivity contribution in [2.24, 2.45) is 11.7 Å². The van der Waals surface area contributed by atoms with Crippen LogP contribution in [0.3, 0.4) is 0 Å². The molecule has 0 fully saturated rings. The summed E-state index contributed by atoms with van der Waals surface area (Å²) in [6, 6.07) is 6.20. The fourth-order valence-electron chi connectivity index (χ4n) is 1.56. The fourth-order valence-corrected chi connectivity index (χ4v) is 3.21. The first-order valence-corrected chi connectivity index (χ1v) is 7.04. The van der Waals surface area contributed by atoms with Crippen molar-refractivity contribution in [3.8, 4) is 0 Å². The maximum absolute atomic E-state index is 6.19. The van der Waals surface area contributed by atoms with Gasteiger partial charge in [0.25, 0.3) is 0 Å². The first kappa shape index (κ1) is 12.0. The molecule has 4 heteroatoms. The molecule has 0 saturated carbocycles. The normalized spacial score (nSPS) is 15.2. The van der Waals surface area contributed by atoms with E-state index in [1.165, 1.54) is 4.70 Å². The molecular weight excluding hydrogens is 284 g/mol. The number of halogens is 1. The van der Waals surface area contributed by atoms with Gasteiger partial charge in [-0.1, -0.05) is 36.2 Å². The molecule has 0 aliphatic heterocycles. The molecule has 2 N–H and O–H groups in total. The number of fused-ring (bicyclic) bond motifs is 1. The van der Waals surface area contributed by atoms with Crippen molar-refractivity contribution in [3.05, 3.63) is 27.7 Å². The summed E-state index contributed by atoms with van der Waals surface area (Å²) in [4.78, 5) is 4.60. The lowest BCUT2D eigenvalue weighted by Gasteiger charge is -2.14. The minimum atomic E-state index is 0.0566. The molecule has 2 aromatic rings. The Hall–Kier alpha value is -0.450. The summed E-state index contributed by atoms with van der Waals surface area (Å²) >= 11 is 5.17.